The Balaban J connectivity index is 3.03. The molecule has 0 aliphatic heterocycles. The van der Waals surface area contributed by atoms with Gasteiger partial charge in [0.25, 0.3) is 0 Å². The molecule has 0 saturated carbocycles. The van der Waals surface area contributed by atoms with Crippen LogP contribution in [-0.4, -0.2) is 25.6 Å². The molecule has 0 bridgehead atoms. The van der Waals surface area contributed by atoms with Crippen LogP contribution in [0.1, 0.15) is 26.7 Å². The third kappa shape index (κ3) is 5.10. The van der Waals surface area contributed by atoms with E-state index >= 15 is 0 Å². The fourth-order valence-electron chi connectivity index (χ4n) is 1.80. The number of sulfonamides is 1. The Hall–Kier alpha value is -0.860. The molecule has 1 aromatic rings. The van der Waals surface area contributed by atoms with Crippen molar-refractivity contribution in [2.24, 2.45) is 5.92 Å². The molecule has 0 aliphatic rings. The Morgan fingerprint density at radius 1 is 1.32 bits per heavy atom. The molecule has 0 unspecified atom stereocenters. The molecule has 0 spiro atoms. The highest BCUT2D eigenvalue weighted by molar-refractivity contribution is 7.89. The van der Waals surface area contributed by atoms with Crippen molar-refractivity contribution in [3.8, 4) is 0 Å². The maximum absolute atomic E-state index is 12.4. The molecule has 22 heavy (non-hydrogen) atoms. The molecular formula is C13H18Cl2N2O4S. The SMILES string of the molecule is CC[C@H](C)[C@@H](CC(=O)NO)NS(=O)(=O)c1ccc(Cl)c(Cl)c1. The molecule has 1 aromatic carbocycles. The average Bonchev–Trinajstić information content (AvgIpc) is 2.47. The van der Waals surface area contributed by atoms with Crippen LogP contribution in [0, 0.1) is 5.92 Å². The second-order valence-electron chi connectivity index (χ2n) is 4.93. The molecule has 0 heterocycles. The van der Waals surface area contributed by atoms with Crippen molar-refractivity contribution in [1.82, 2.24) is 10.2 Å². The highest BCUT2D eigenvalue weighted by Crippen LogP contribution is 2.25. The summed E-state index contributed by atoms with van der Waals surface area (Å²) in [5.41, 5.74) is 1.50. The smallest absolute Gasteiger partial charge is 0.244 e. The summed E-state index contributed by atoms with van der Waals surface area (Å²) in [5.74, 6) is -0.767. The van der Waals surface area contributed by atoms with Crippen LogP contribution >= 0.6 is 23.2 Å². The summed E-state index contributed by atoms with van der Waals surface area (Å²) < 4.78 is 27.2. The van der Waals surface area contributed by atoms with E-state index in [4.69, 9.17) is 28.4 Å². The van der Waals surface area contributed by atoms with Crippen molar-refractivity contribution < 1.29 is 18.4 Å². The van der Waals surface area contributed by atoms with E-state index in [1.165, 1.54) is 23.7 Å². The van der Waals surface area contributed by atoms with E-state index < -0.39 is 22.0 Å². The molecule has 0 saturated heterocycles. The highest BCUT2D eigenvalue weighted by atomic mass is 35.5. The van der Waals surface area contributed by atoms with Crippen LogP contribution in [0.2, 0.25) is 10.0 Å². The maximum Gasteiger partial charge on any atom is 0.244 e. The highest BCUT2D eigenvalue weighted by Gasteiger charge is 2.26. The number of benzene rings is 1. The number of carbonyl (C=O) groups excluding carboxylic acids is 1. The van der Waals surface area contributed by atoms with E-state index in [-0.39, 0.29) is 27.3 Å². The molecule has 0 aromatic heterocycles. The van der Waals surface area contributed by atoms with Gasteiger partial charge in [-0.1, -0.05) is 43.5 Å². The number of hydrogen-bond donors (Lipinski definition) is 3. The van der Waals surface area contributed by atoms with Crippen LogP contribution in [0.5, 0.6) is 0 Å². The summed E-state index contributed by atoms with van der Waals surface area (Å²) in [6.45, 7) is 3.69. The van der Waals surface area contributed by atoms with Crippen molar-refractivity contribution >= 4 is 39.1 Å². The molecule has 0 radical (unpaired) electrons. The van der Waals surface area contributed by atoms with Crippen molar-refractivity contribution in [3.05, 3.63) is 28.2 Å². The van der Waals surface area contributed by atoms with E-state index in [0.717, 1.165) is 0 Å². The zero-order valence-electron chi connectivity index (χ0n) is 12.1. The second-order valence-corrected chi connectivity index (χ2v) is 7.46. The fraction of sp³-hybridized carbons (Fsp3) is 0.462. The number of nitrogens with one attached hydrogen (secondary N) is 2. The first-order valence-corrected chi connectivity index (χ1v) is 8.85. The lowest BCUT2D eigenvalue weighted by Gasteiger charge is -2.23. The molecule has 1 amide bonds. The minimum Gasteiger partial charge on any atom is -0.289 e. The van der Waals surface area contributed by atoms with Gasteiger partial charge in [-0.15, -0.1) is 0 Å². The number of carbonyl (C=O) groups is 1. The van der Waals surface area contributed by atoms with Gasteiger partial charge < -0.3 is 0 Å². The number of halogens is 2. The van der Waals surface area contributed by atoms with Gasteiger partial charge in [0.1, 0.15) is 0 Å². The minimum atomic E-state index is -3.86. The van der Waals surface area contributed by atoms with Gasteiger partial charge in [-0.2, -0.15) is 0 Å². The molecule has 124 valence electrons. The molecule has 6 nitrogen and oxygen atoms in total. The summed E-state index contributed by atoms with van der Waals surface area (Å²) in [6, 6.07) is 3.30. The van der Waals surface area contributed by atoms with Gasteiger partial charge in [-0.05, 0) is 24.1 Å². The zero-order chi connectivity index (χ0) is 16.9. The molecule has 3 N–H and O–H groups in total. The summed E-state index contributed by atoms with van der Waals surface area (Å²) in [5, 5.41) is 8.98. The number of rotatable bonds is 7. The Morgan fingerprint density at radius 2 is 1.95 bits per heavy atom. The lowest BCUT2D eigenvalue weighted by Crippen LogP contribution is -2.42. The standard InChI is InChI=1S/C13H18Cl2N2O4S/c1-3-8(2)12(7-13(18)16-19)17-22(20,21)9-4-5-10(14)11(15)6-9/h4-6,8,12,17,19H,3,7H2,1-2H3,(H,16,18)/t8-,12+/m0/s1. The van der Waals surface area contributed by atoms with E-state index in [0.29, 0.717) is 6.42 Å². The first kappa shape index (κ1) is 19.2. The summed E-state index contributed by atoms with van der Waals surface area (Å²) in [4.78, 5) is 11.3. The number of hydrogen-bond acceptors (Lipinski definition) is 4. The van der Waals surface area contributed by atoms with Gasteiger partial charge >= 0.3 is 0 Å². The molecule has 9 heteroatoms. The van der Waals surface area contributed by atoms with Crippen LogP contribution in [-0.2, 0) is 14.8 Å². The monoisotopic (exact) mass is 368 g/mol. The topological polar surface area (TPSA) is 95.5 Å². The lowest BCUT2D eigenvalue weighted by molar-refractivity contribution is -0.129. The zero-order valence-corrected chi connectivity index (χ0v) is 14.5. The van der Waals surface area contributed by atoms with E-state index in [2.05, 4.69) is 4.72 Å². The third-order valence-corrected chi connectivity index (χ3v) is 5.60. The van der Waals surface area contributed by atoms with Gasteiger partial charge in [-0.25, -0.2) is 18.6 Å². The molecule has 0 fully saturated rings. The Morgan fingerprint density at radius 3 is 2.45 bits per heavy atom. The van der Waals surface area contributed by atoms with Gasteiger partial charge in [0.2, 0.25) is 15.9 Å². The largest absolute Gasteiger partial charge is 0.289 e. The number of amides is 1. The first-order chi connectivity index (χ1) is 10.2. The Labute approximate surface area is 139 Å². The van der Waals surface area contributed by atoms with E-state index in [1.54, 1.807) is 0 Å². The molecule has 2 atom stereocenters. The van der Waals surface area contributed by atoms with Crippen molar-refractivity contribution in [1.29, 1.82) is 0 Å². The summed E-state index contributed by atoms with van der Waals surface area (Å²) in [7, 11) is -3.86. The predicted octanol–water partition coefficient (Wildman–Crippen LogP) is 2.58. The normalized spacial score (nSPS) is 14.4. The minimum absolute atomic E-state index is 0.0420. The molecule has 1 rings (SSSR count). The van der Waals surface area contributed by atoms with Crippen LogP contribution in [0.15, 0.2) is 23.1 Å². The van der Waals surface area contributed by atoms with Gasteiger partial charge in [0.15, 0.2) is 0 Å². The van der Waals surface area contributed by atoms with Crippen molar-refractivity contribution in [2.75, 3.05) is 0 Å². The first-order valence-electron chi connectivity index (χ1n) is 6.61. The quantitative estimate of drug-likeness (QED) is 0.509. The van der Waals surface area contributed by atoms with E-state index in [1.807, 2.05) is 13.8 Å². The fourth-order valence-corrected chi connectivity index (χ4v) is 3.53. The van der Waals surface area contributed by atoms with Gasteiger partial charge in [0.05, 0.1) is 14.9 Å². The van der Waals surface area contributed by atoms with Crippen molar-refractivity contribution in [2.45, 2.75) is 37.6 Å². The third-order valence-electron chi connectivity index (χ3n) is 3.37. The van der Waals surface area contributed by atoms with Crippen molar-refractivity contribution in [3.63, 3.8) is 0 Å². The van der Waals surface area contributed by atoms with Crippen LogP contribution < -0.4 is 10.2 Å². The van der Waals surface area contributed by atoms with Gasteiger partial charge in [0, 0.05) is 12.5 Å². The Bertz CT molecular complexity index is 637. The van der Waals surface area contributed by atoms with Crippen LogP contribution in [0.3, 0.4) is 0 Å². The maximum atomic E-state index is 12.4. The molecule has 0 aliphatic carbocycles. The second kappa shape index (κ2) is 8.12. The summed E-state index contributed by atoms with van der Waals surface area (Å²) in [6.07, 6.45) is 0.485. The predicted molar refractivity (Wildman–Crippen MR) is 84.6 cm³/mol. The average molecular weight is 369 g/mol. The Kier molecular flexibility index (Phi) is 7.08. The summed E-state index contributed by atoms with van der Waals surface area (Å²) >= 11 is 11.6. The van der Waals surface area contributed by atoms with Gasteiger partial charge in [-0.3, -0.25) is 10.0 Å². The number of hydroxylamine groups is 1. The van der Waals surface area contributed by atoms with Crippen LogP contribution in [0.25, 0.3) is 0 Å². The lowest BCUT2D eigenvalue weighted by atomic mass is 9.97. The molecular weight excluding hydrogens is 351 g/mol. The van der Waals surface area contributed by atoms with E-state index in [9.17, 15) is 13.2 Å². The van der Waals surface area contributed by atoms with Crippen LogP contribution in [0.4, 0.5) is 0 Å².